The standard InChI is InChI=1S/C78H108O18/c1-7-13-19-25-43-85-49-31-37-73(79)91-67-55-61-62(56-68(67)92-74(80)38-32-50-86-44-26-20-14-8-2)64-58-70(94-76(82)40-34-52-88-46-28-22-16-10-4)72(96-78(84)42-36-54-90-48-30-24-18-12-6)60-66(64)65-59-71(95-77(83)41-35-53-89-47-29-23-17-11-5)69(57-63(61)65)93-75(81)39-33-51-87-45-27-21-15-9-3/h31-42,55-60H,7-30,43-54H2,1-6H3/b37-31+,38-32+,39-33+,40-34+,41-35+,42-36+. The van der Waals surface area contributed by atoms with Crippen molar-refractivity contribution >= 4 is 68.1 Å². The summed E-state index contributed by atoms with van der Waals surface area (Å²) in [6, 6.07) is 8.92. The number of unbranched alkanes of at least 4 members (excludes halogenated alkanes) is 18. The zero-order valence-corrected chi connectivity index (χ0v) is 58.2. The Morgan fingerprint density at radius 3 is 0.510 bits per heavy atom. The number of carbonyl (C=O) groups is 6. The Hall–Kier alpha value is -7.32. The second kappa shape index (κ2) is 51.9. The average molecular weight is 1330 g/mol. The van der Waals surface area contributed by atoms with Gasteiger partial charge in [0.25, 0.3) is 0 Å². The van der Waals surface area contributed by atoms with Gasteiger partial charge in [0.15, 0.2) is 34.5 Å². The van der Waals surface area contributed by atoms with Crippen LogP contribution < -0.4 is 28.4 Å². The number of rotatable bonds is 54. The first-order chi connectivity index (χ1) is 47.0. The predicted octanol–water partition coefficient (Wildman–Crippen LogP) is 17.5. The van der Waals surface area contributed by atoms with Crippen LogP contribution in [0.1, 0.15) is 196 Å². The molecule has 0 bridgehead atoms. The molecule has 0 saturated heterocycles. The van der Waals surface area contributed by atoms with Crippen molar-refractivity contribution in [2.75, 3.05) is 79.3 Å². The Labute approximate surface area is 570 Å². The summed E-state index contributed by atoms with van der Waals surface area (Å²) in [5, 5.41) is 1.92. The molecule has 0 aromatic heterocycles. The number of hydrogen-bond acceptors (Lipinski definition) is 18. The first-order valence-corrected chi connectivity index (χ1v) is 35.3. The predicted molar refractivity (Wildman–Crippen MR) is 377 cm³/mol. The monoisotopic (exact) mass is 1330 g/mol. The average Bonchev–Trinajstić information content (AvgIpc) is 0.727. The molecule has 18 nitrogen and oxygen atoms in total. The van der Waals surface area contributed by atoms with Gasteiger partial charge in [0.1, 0.15) is 0 Å². The van der Waals surface area contributed by atoms with Crippen molar-refractivity contribution in [3.8, 4) is 34.5 Å². The maximum atomic E-state index is 13.8. The lowest BCUT2D eigenvalue weighted by molar-refractivity contribution is -0.131. The van der Waals surface area contributed by atoms with E-state index in [2.05, 4.69) is 41.5 Å². The van der Waals surface area contributed by atoms with E-state index in [9.17, 15) is 28.8 Å². The molecule has 0 heterocycles. The molecule has 4 aromatic carbocycles. The van der Waals surface area contributed by atoms with Gasteiger partial charge in [0, 0.05) is 76.1 Å². The van der Waals surface area contributed by atoms with E-state index in [1.165, 1.54) is 109 Å². The summed E-state index contributed by atoms with van der Waals surface area (Å²) in [6.45, 7) is 16.7. The zero-order valence-electron chi connectivity index (χ0n) is 58.2. The second-order valence-corrected chi connectivity index (χ2v) is 23.3. The minimum Gasteiger partial charge on any atom is -0.419 e. The van der Waals surface area contributed by atoms with Gasteiger partial charge in [-0.2, -0.15) is 0 Å². The Kier molecular flexibility index (Phi) is 43.8. The van der Waals surface area contributed by atoms with E-state index in [-0.39, 0.29) is 74.1 Å². The lowest BCUT2D eigenvalue weighted by Gasteiger charge is -2.18. The summed E-state index contributed by atoms with van der Waals surface area (Å²) in [5.74, 6) is -6.08. The van der Waals surface area contributed by atoms with Crippen LogP contribution in [-0.2, 0) is 57.2 Å². The molecule has 0 atom stereocenters. The normalized spacial score (nSPS) is 11.9. The number of esters is 6. The van der Waals surface area contributed by atoms with E-state index < -0.39 is 35.8 Å². The Morgan fingerprint density at radius 2 is 0.375 bits per heavy atom. The Balaban J connectivity index is 2.04. The minimum atomic E-state index is -0.822. The maximum Gasteiger partial charge on any atom is 0.336 e. The molecule has 96 heavy (non-hydrogen) atoms. The third-order valence-electron chi connectivity index (χ3n) is 15.0. The molecule has 0 saturated carbocycles. The minimum absolute atomic E-state index is 0.137. The molecule has 0 unspecified atom stereocenters. The van der Waals surface area contributed by atoms with Crippen molar-refractivity contribution in [2.45, 2.75) is 196 Å². The summed E-state index contributed by atoms with van der Waals surface area (Å²) in [5.41, 5.74) is 0. The molecule has 4 aromatic rings. The van der Waals surface area contributed by atoms with Crippen LogP contribution >= 0.6 is 0 Å². The highest BCUT2D eigenvalue weighted by Crippen LogP contribution is 2.47. The van der Waals surface area contributed by atoms with Crippen LogP contribution in [0.3, 0.4) is 0 Å². The van der Waals surface area contributed by atoms with Gasteiger partial charge in [-0.1, -0.05) is 194 Å². The van der Waals surface area contributed by atoms with Gasteiger partial charge >= 0.3 is 35.8 Å². The molecule has 0 aliphatic heterocycles. The molecule has 0 aliphatic rings. The van der Waals surface area contributed by atoms with Gasteiger partial charge in [-0.3, -0.25) is 0 Å². The van der Waals surface area contributed by atoms with Gasteiger partial charge in [0.05, 0.1) is 39.6 Å². The van der Waals surface area contributed by atoms with Gasteiger partial charge in [-0.25, -0.2) is 28.8 Å². The van der Waals surface area contributed by atoms with Crippen molar-refractivity contribution in [1.82, 2.24) is 0 Å². The highest BCUT2D eigenvalue weighted by molar-refractivity contribution is 6.27. The zero-order chi connectivity index (χ0) is 69.1. The summed E-state index contributed by atoms with van der Waals surface area (Å²) >= 11 is 0. The highest BCUT2D eigenvalue weighted by atomic mass is 16.6. The fourth-order valence-corrected chi connectivity index (χ4v) is 9.91. The lowest BCUT2D eigenvalue weighted by Crippen LogP contribution is -2.11. The van der Waals surface area contributed by atoms with Gasteiger partial charge < -0.3 is 56.8 Å². The van der Waals surface area contributed by atoms with Gasteiger partial charge in [0.2, 0.25) is 0 Å². The van der Waals surface area contributed by atoms with E-state index >= 15 is 0 Å². The van der Waals surface area contributed by atoms with Gasteiger partial charge in [-0.05, 0) is 107 Å². The Bertz CT molecular complexity index is 2570. The highest BCUT2D eigenvalue weighted by Gasteiger charge is 2.24. The fraction of sp³-hybridized carbons (Fsp3) is 0.538. The molecule has 0 fully saturated rings. The van der Waals surface area contributed by atoms with Gasteiger partial charge in [-0.15, -0.1) is 0 Å². The van der Waals surface area contributed by atoms with Crippen molar-refractivity contribution in [3.63, 3.8) is 0 Å². The molecule has 0 spiro atoms. The van der Waals surface area contributed by atoms with Crippen LogP contribution in [0.2, 0.25) is 0 Å². The molecule has 0 aliphatic carbocycles. The van der Waals surface area contributed by atoms with E-state index in [0.29, 0.717) is 72.0 Å². The van der Waals surface area contributed by atoms with E-state index in [1.54, 1.807) is 0 Å². The van der Waals surface area contributed by atoms with Crippen LogP contribution in [0, 0.1) is 0 Å². The number of hydrogen-bond donors (Lipinski definition) is 0. The second-order valence-electron chi connectivity index (χ2n) is 23.3. The first-order valence-electron chi connectivity index (χ1n) is 35.3. The molecule has 528 valence electrons. The number of benzene rings is 4. The van der Waals surface area contributed by atoms with E-state index in [1.807, 2.05) is 0 Å². The van der Waals surface area contributed by atoms with Crippen molar-refractivity contribution < 1.29 is 85.6 Å². The van der Waals surface area contributed by atoms with Crippen LogP contribution in [0.25, 0.3) is 32.3 Å². The summed E-state index contributed by atoms with van der Waals surface area (Å²) in [6.07, 6.45) is 40.8. The lowest BCUT2D eigenvalue weighted by atomic mass is 9.93. The fourth-order valence-electron chi connectivity index (χ4n) is 9.91. The van der Waals surface area contributed by atoms with Crippen molar-refractivity contribution in [2.24, 2.45) is 0 Å². The molecular weight excluding hydrogens is 1220 g/mol. The smallest absolute Gasteiger partial charge is 0.336 e. The number of carbonyl (C=O) groups excluding carboxylic acids is 6. The molecular formula is C78H108O18. The largest absolute Gasteiger partial charge is 0.419 e. The Morgan fingerprint density at radius 1 is 0.229 bits per heavy atom. The molecule has 0 radical (unpaired) electrons. The first kappa shape index (κ1) is 81.1. The molecule has 18 heteroatoms. The quantitative estimate of drug-likeness (QED) is 0.0132. The summed E-state index contributed by atoms with van der Waals surface area (Å²) in [7, 11) is 0. The van der Waals surface area contributed by atoms with E-state index in [0.717, 1.165) is 154 Å². The number of fused-ring (bicyclic) bond motifs is 6. The maximum absolute atomic E-state index is 13.8. The van der Waals surface area contributed by atoms with Crippen LogP contribution in [0.5, 0.6) is 34.5 Å². The SMILES string of the molecule is CCCCCCOC/C=C/C(=O)Oc1cc2c3cc(OC(=O)/C=C/COCCCCCC)c(OC(=O)/C=C/COCCCCCC)cc3c3cc(OC(=O)/C=C/COCCCCCC)c(OC(=O)/C=C/COCCCCCC)cc3c2cc1OC(=O)/C=C/COCCCCCC. The topological polar surface area (TPSA) is 213 Å². The molecule has 4 rings (SSSR count). The number of ether oxygens (including phenoxy) is 12. The van der Waals surface area contributed by atoms with Crippen molar-refractivity contribution in [1.29, 1.82) is 0 Å². The third-order valence-corrected chi connectivity index (χ3v) is 15.0. The van der Waals surface area contributed by atoms with E-state index in [4.69, 9.17) is 56.8 Å². The third kappa shape index (κ3) is 34.1. The van der Waals surface area contributed by atoms with Crippen LogP contribution in [0.15, 0.2) is 109 Å². The van der Waals surface area contributed by atoms with Crippen LogP contribution in [0.4, 0.5) is 0 Å². The summed E-state index contributed by atoms with van der Waals surface area (Å²) in [4.78, 5) is 83.1. The van der Waals surface area contributed by atoms with Crippen molar-refractivity contribution in [3.05, 3.63) is 109 Å². The molecule has 0 N–H and O–H groups in total. The summed E-state index contributed by atoms with van der Waals surface area (Å²) < 4.78 is 70.7. The molecule has 0 amide bonds. The van der Waals surface area contributed by atoms with Crippen LogP contribution in [-0.4, -0.2) is 115 Å².